The third-order valence-corrected chi connectivity index (χ3v) is 7.67. The first-order chi connectivity index (χ1) is 16.6. The topological polar surface area (TPSA) is 72.6 Å². The number of rotatable bonds is 12. The van der Waals surface area contributed by atoms with E-state index >= 15 is 0 Å². The van der Waals surface area contributed by atoms with Crippen molar-refractivity contribution < 1.29 is 9.47 Å². The first kappa shape index (κ1) is 33.5. The number of nitrogens with zero attached hydrogens (tertiary/aromatic N) is 2. The molecular weight excluding hydrogens is 551 g/mol. The number of methoxy groups -OCH3 is 2. The molecule has 0 spiro atoms. The highest BCUT2D eigenvalue weighted by Crippen LogP contribution is 2.38. The van der Waals surface area contributed by atoms with Gasteiger partial charge in [0.2, 0.25) is 0 Å². The number of halogens is 3. The maximum absolute atomic E-state index is 5.87. The molecule has 10 heteroatoms. The van der Waals surface area contributed by atoms with Crippen LogP contribution >= 0.6 is 48.6 Å². The zero-order chi connectivity index (χ0) is 23.9. The number of hydrogen-bond donors (Lipinski definition) is 2. The molecule has 208 valence electrons. The smallest absolute Gasteiger partial charge is 0.181 e. The third-order valence-electron chi connectivity index (χ3n) is 6.82. The molecule has 2 aromatic carbocycles. The minimum atomic E-state index is 0. The van der Waals surface area contributed by atoms with Gasteiger partial charge >= 0.3 is 0 Å². The highest BCUT2D eigenvalue weighted by Gasteiger charge is 2.27. The average Bonchev–Trinajstić information content (AvgIpc) is 3.23. The number of unbranched alkanes of at least 4 members (excludes halogenated alkanes) is 3. The second-order valence-electron chi connectivity index (χ2n) is 9.10. The number of nitrogens with two attached hydrogens (primary N) is 1. The second-order valence-corrected chi connectivity index (χ2v) is 10.2. The van der Waals surface area contributed by atoms with Gasteiger partial charge in [0.25, 0.3) is 0 Å². The monoisotopic (exact) mass is 590 g/mol. The first-order valence-electron chi connectivity index (χ1n) is 12.5. The Bertz CT molecular complexity index is 1100. The number of hydrogen-bond acceptors (Lipinski definition) is 7. The predicted molar refractivity (Wildman–Crippen MR) is 164 cm³/mol. The molecule has 0 saturated heterocycles. The predicted octanol–water partition coefficient (Wildman–Crippen LogP) is 6.65. The van der Waals surface area contributed by atoms with Crippen molar-refractivity contribution in [2.75, 3.05) is 33.0 Å². The van der Waals surface area contributed by atoms with Crippen molar-refractivity contribution >= 4 is 63.9 Å². The molecule has 1 unspecified atom stereocenters. The summed E-state index contributed by atoms with van der Waals surface area (Å²) in [6, 6.07) is 11.2. The van der Waals surface area contributed by atoms with Gasteiger partial charge in [0.15, 0.2) is 16.6 Å². The number of thiazole rings is 1. The summed E-state index contributed by atoms with van der Waals surface area (Å²) in [5, 5.41) is 3.15. The molecule has 0 fully saturated rings. The minimum Gasteiger partial charge on any atom is -0.493 e. The number of fused-ring (bicyclic) bond motifs is 2. The summed E-state index contributed by atoms with van der Waals surface area (Å²) in [6.45, 7) is 4.27. The lowest BCUT2D eigenvalue weighted by Gasteiger charge is -2.36. The number of anilines is 1. The van der Waals surface area contributed by atoms with E-state index in [0.29, 0.717) is 11.2 Å². The van der Waals surface area contributed by atoms with Crippen LogP contribution < -0.4 is 20.6 Å². The Morgan fingerprint density at radius 3 is 2.62 bits per heavy atom. The number of benzene rings is 2. The van der Waals surface area contributed by atoms with E-state index in [0.717, 1.165) is 55.8 Å². The molecule has 0 amide bonds. The van der Waals surface area contributed by atoms with Crippen LogP contribution in [-0.4, -0.2) is 43.3 Å². The van der Waals surface area contributed by atoms with Gasteiger partial charge in [0, 0.05) is 24.7 Å². The van der Waals surface area contributed by atoms with Crippen molar-refractivity contribution in [2.45, 2.75) is 64.3 Å². The molecule has 6 nitrogen and oxygen atoms in total. The maximum atomic E-state index is 5.87. The molecule has 0 aliphatic heterocycles. The highest BCUT2D eigenvalue weighted by molar-refractivity contribution is 7.22. The first-order valence-corrected chi connectivity index (χ1v) is 13.3. The molecule has 0 saturated carbocycles. The fraction of sp³-hybridized carbons (Fsp3) is 0.519. The Kier molecular flexibility index (Phi) is 14.9. The van der Waals surface area contributed by atoms with Crippen LogP contribution in [0.4, 0.5) is 5.13 Å². The molecule has 3 N–H and O–H groups in total. The van der Waals surface area contributed by atoms with Crippen molar-refractivity contribution in [1.29, 1.82) is 0 Å². The van der Waals surface area contributed by atoms with Crippen molar-refractivity contribution in [3.63, 3.8) is 0 Å². The van der Waals surface area contributed by atoms with E-state index < -0.39 is 0 Å². The molecule has 1 aromatic heterocycles. The molecule has 1 atom stereocenters. The zero-order valence-electron chi connectivity index (χ0n) is 22.0. The van der Waals surface area contributed by atoms with E-state index in [4.69, 9.17) is 15.2 Å². The van der Waals surface area contributed by atoms with Crippen LogP contribution in [0.5, 0.6) is 11.5 Å². The van der Waals surface area contributed by atoms with Gasteiger partial charge in [-0.3, -0.25) is 5.43 Å². The van der Waals surface area contributed by atoms with Gasteiger partial charge in [-0.05, 0) is 61.4 Å². The summed E-state index contributed by atoms with van der Waals surface area (Å²) >= 11 is 1.56. The van der Waals surface area contributed by atoms with Crippen LogP contribution in [0.25, 0.3) is 10.2 Å². The standard InChI is InChI=1S/C27H38N4O2S.3ClH/c1-4-5-6-7-16-31(29-15-14-19-8-12-23-25(17-19)34-27(28)30-23)21-10-11-22-20(18-21)9-13-24(32-2)26(22)33-3;;;/h8-9,12-13,17,21,29H,4-7,10-11,14-16,18H2,1-3H3,(H2,28,30);3*1H. The summed E-state index contributed by atoms with van der Waals surface area (Å²) in [5.74, 6) is 1.73. The second kappa shape index (κ2) is 16.5. The summed E-state index contributed by atoms with van der Waals surface area (Å²) in [7, 11) is 3.45. The number of aromatic nitrogens is 1. The quantitative estimate of drug-likeness (QED) is 0.182. The SMILES string of the molecule is CCCCCCN(NCCc1ccc2nc(N)sc2c1)C1CCc2c(ccc(OC)c2OC)C1.Cl.Cl.Cl. The molecule has 4 rings (SSSR count). The van der Waals surface area contributed by atoms with Gasteiger partial charge in [-0.15, -0.1) is 37.2 Å². The fourth-order valence-corrected chi connectivity index (χ4v) is 5.81. The molecule has 1 heterocycles. The Balaban J connectivity index is 0.00000228. The van der Waals surface area contributed by atoms with Crippen LogP contribution in [0.2, 0.25) is 0 Å². The minimum absolute atomic E-state index is 0. The Hall–Kier alpha value is -1.48. The van der Waals surface area contributed by atoms with Gasteiger partial charge in [0.05, 0.1) is 24.4 Å². The van der Waals surface area contributed by atoms with Crippen molar-refractivity contribution in [1.82, 2.24) is 15.4 Å². The third kappa shape index (κ3) is 8.50. The summed E-state index contributed by atoms with van der Waals surface area (Å²) in [4.78, 5) is 4.37. The van der Waals surface area contributed by atoms with E-state index in [1.165, 1.54) is 47.1 Å². The fourth-order valence-electron chi connectivity index (χ4n) is 5.02. The number of hydrazine groups is 1. The highest BCUT2D eigenvalue weighted by atomic mass is 35.5. The van der Waals surface area contributed by atoms with Crippen LogP contribution in [-0.2, 0) is 19.3 Å². The molecule has 0 bridgehead atoms. The number of nitrogens with one attached hydrogen (secondary N) is 1. The van der Waals surface area contributed by atoms with Crippen LogP contribution in [0.1, 0.15) is 55.7 Å². The van der Waals surface area contributed by atoms with Crippen molar-refractivity contribution in [3.8, 4) is 11.5 Å². The van der Waals surface area contributed by atoms with E-state index in [1.807, 2.05) is 6.07 Å². The number of nitrogen functional groups attached to an aromatic ring is 1. The van der Waals surface area contributed by atoms with E-state index in [-0.39, 0.29) is 37.2 Å². The molecule has 3 aromatic rings. The molecule has 1 aliphatic carbocycles. The Morgan fingerprint density at radius 1 is 1.08 bits per heavy atom. The normalized spacial score (nSPS) is 14.3. The van der Waals surface area contributed by atoms with Gasteiger partial charge in [-0.25, -0.2) is 9.99 Å². The molecule has 1 aliphatic rings. The van der Waals surface area contributed by atoms with E-state index in [2.05, 4.69) is 46.6 Å². The van der Waals surface area contributed by atoms with Gasteiger partial charge in [-0.2, -0.15) is 0 Å². The lowest BCUT2D eigenvalue weighted by Crippen LogP contribution is -2.49. The van der Waals surface area contributed by atoms with E-state index in [1.54, 1.807) is 25.6 Å². The van der Waals surface area contributed by atoms with Gasteiger partial charge in [0.1, 0.15) is 0 Å². The average molecular weight is 592 g/mol. The van der Waals surface area contributed by atoms with Gasteiger partial charge in [-0.1, -0.05) is 49.7 Å². The van der Waals surface area contributed by atoms with Crippen molar-refractivity contribution in [2.24, 2.45) is 0 Å². The molecule has 0 radical (unpaired) electrons. The van der Waals surface area contributed by atoms with Gasteiger partial charge < -0.3 is 15.2 Å². The lowest BCUT2D eigenvalue weighted by atomic mass is 9.87. The largest absolute Gasteiger partial charge is 0.493 e. The summed E-state index contributed by atoms with van der Waals surface area (Å²) in [5.41, 5.74) is 14.7. The maximum Gasteiger partial charge on any atom is 0.181 e. The number of ether oxygens (including phenoxy) is 2. The summed E-state index contributed by atoms with van der Waals surface area (Å²) in [6.07, 6.45) is 9.21. The molecular formula is C27H41Cl3N4O2S. The van der Waals surface area contributed by atoms with E-state index in [9.17, 15) is 0 Å². The zero-order valence-corrected chi connectivity index (χ0v) is 25.2. The Labute approximate surface area is 243 Å². The van der Waals surface area contributed by atoms with Crippen molar-refractivity contribution in [3.05, 3.63) is 47.0 Å². The van der Waals surface area contributed by atoms with Crippen LogP contribution in [0, 0.1) is 0 Å². The summed E-state index contributed by atoms with van der Waals surface area (Å²) < 4.78 is 12.4. The molecule has 37 heavy (non-hydrogen) atoms. The Morgan fingerprint density at radius 2 is 1.89 bits per heavy atom. The van der Waals surface area contributed by atoms with Crippen LogP contribution in [0.15, 0.2) is 30.3 Å². The lowest BCUT2D eigenvalue weighted by molar-refractivity contribution is 0.109. The van der Waals surface area contributed by atoms with Crippen LogP contribution in [0.3, 0.4) is 0 Å².